The maximum atomic E-state index is 12.4. The van der Waals surface area contributed by atoms with E-state index in [0.29, 0.717) is 19.4 Å². The van der Waals surface area contributed by atoms with Crippen molar-refractivity contribution >= 4 is 12.0 Å². The van der Waals surface area contributed by atoms with E-state index >= 15 is 0 Å². The van der Waals surface area contributed by atoms with Gasteiger partial charge in [-0.3, -0.25) is 4.90 Å². The number of aryl methyl sites for hydroxylation is 1. The van der Waals surface area contributed by atoms with E-state index in [1.165, 1.54) is 4.90 Å². The summed E-state index contributed by atoms with van der Waals surface area (Å²) in [5.41, 5.74) is 2.03. The molecule has 2 aliphatic rings. The highest BCUT2D eigenvalue weighted by molar-refractivity contribution is 5.83. The van der Waals surface area contributed by atoms with Crippen LogP contribution in [0.1, 0.15) is 29.9 Å². The average Bonchev–Trinajstić information content (AvgIpc) is 3.23. The number of benzene rings is 1. The predicted molar refractivity (Wildman–Crippen MR) is 96.1 cm³/mol. The average molecular weight is 399 g/mol. The van der Waals surface area contributed by atoms with Crippen LogP contribution in [0.3, 0.4) is 0 Å². The summed E-state index contributed by atoms with van der Waals surface area (Å²) >= 11 is 0. The molecule has 0 bridgehead atoms. The van der Waals surface area contributed by atoms with Gasteiger partial charge in [0, 0.05) is 19.0 Å². The van der Waals surface area contributed by atoms with Gasteiger partial charge in [-0.25, -0.2) is 9.59 Å². The summed E-state index contributed by atoms with van der Waals surface area (Å²) < 4.78 is 37.3. The molecule has 1 saturated heterocycles. The Morgan fingerprint density at radius 1 is 1.25 bits per heavy atom. The van der Waals surface area contributed by atoms with E-state index in [1.54, 1.807) is 0 Å². The number of carboxylic acid groups (broad SMARTS) is 1. The normalized spacial score (nSPS) is 23.2. The van der Waals surface area contributed by atoms with Crippen LogP contribution < -0.4 is 10.6 Å². The number of halogens is 3. The third-order valence-corrected chi connectivity index (χ3v) is 5.46. The third kappa shape index (κ3) is 5.15. The highest BCUT2D eigenvalue weighted by Crippen LogP contribution is 2.35. The number of rotatable bonds is 6. The molecular weight excluding hydrogens is 375 g/mol. The van der Waals surface area contributed by atoms with Crippen LogP contribution in [0.25, 0.3) is 0 Å². The fraction of sp³-hybridized carbons (Fsp3) is 0.579. The molecule has 1 aliphatic carbocycles. The van der Waals surface area contributed by atoms with Gasteiger partial charge in [-0.15, -0.1) is 0 Å². The number of likely N-dealkylation sites (tertiary alicyclic amines) is 1. The largest absolute Gasteiger partial charge is 0.480 e. The second kappa shape index (κ2) is 8.38. The van der Waals surface area contributed by atoms with E-state index in [4.69, 9.17) is 0 Å². The Bertz CT molecular complexity index is 726. The van der Waals surface area contributed by atoms with E-state index in [1.807, 2.05) is 24.3 Å². The lowest BCUT2D eigenvalue weighted by molar-refractivity contribution is -0.143. The Morgan fingerprint density at radius 3 is 2.71 bits per heavy atom. The predicted octanol–water partition coefficient (Wildman–Crippen LogP) is 2.35. The van der Waals surface area contributed by atoms with Crippen molar-refractivity contribution in [2.45, 2.75) is 37.4 Å². The van der Waals surface area contributed by atoms with E-state index in [0.717, 1.165) is 17.5 Å². The topological polar surface area (TPSA) is 81.7 Å². The van der Waals surface area contributed by atoms with Crippen LogP contribution in [0, 0.1) is 5.92 Å². The molecule has 9 heteroatoms. The Morgan fingerprint density at radius 2 is 2.00 bits per heavy atom. The van der Waals surface area contributed by atoms with Crippen molar-refractivity contribution < 1.29 is 27.9 Å². The zero-order valence-corrected chi connectivity index (χ0v) is 15.3. The molecule has 0 spiro atoms. The Balaban J connectivity index is 1.50. The Labute approximate surface area is 161 Å². The molecule has 154 valence electrons. The number of carboxylic acids is 1. The summed E-state index contributed by atoms with van der Waals surface area (Å²) in [4.78, 5) is 25.2. The summed E-state index contributed by atoms with van der Waals surface area (Å²) in [5, 5.41) is 14.7. The van der Waals surface area contributed by atoms with Crippen molar-refractivity contribution in [3.05, 3.63) is 35.4 Å². The van der Waals surface area contributed by atoms with Gasteiger partial charge in [0.05, 0.1) is 6.54 Å². The number of hydrogen-bond acceptors (Lipinski definition) is 3. The molecule has 1 aliphatic heterocycles. The molecule has 0 radical (unpaired) electrons. The summed E-state index contributed by atoms with van der Waals surface area (Å²) in [6.45, 7) is -0.131. The van der Waals surface area contributed by atoms with Crippen LogP contribution in [-0.2, 0) is 11.2 Å². The highest BCUT2D eigenvalue weighted by Gasteiger charge is 2.36. The second-order valence-electron chi connectivity index (χ2n) is 7.52. The molecule has 0 aromatic heterocycles. The van der Waals surface area contributed by atoms with Gasteiger partial charge in [0.2, 0.25) is 0 Å². The van der Waals surface area contributed by atoms with E-state index in [9.17, 15) is 27.9 Å². The van der Waals surface area contributed by atoms with Crippen LogP contribution in [0.4, 0.5) is 18.0 Å². The minimum absolute atomic E-state index is 0.0800. The Kier molecular flexibility index (Phi) is 6.12. The standard InChI is InChI=1S/C19H24F3N3O3/c20-19(21,22)11-25-8-7-12(10-25)9-23-18(28)24-16(17(26)27)15-6-5-13-3-1-2-4-14(13)15/h1-4,12,15-16H,5-11H2,(H,26,27)(H2,23,24,28). The number of amides is 2. The minimum atomic E-state index is -4.23. The van der Waals surface area contributed by atoms with Gasteiger partial charge in [-0.2, -0.15) is 13.2 Å². The summed E-state index contributed by atoms with van der Waals surface area (Å²) in [6.07, 6.45) is -2.25. The van der Waals surface area contributed by atoms with Crippen molar-refractivity contribution in [2.75, 3.05) is 26.2 Å². The van der Waals surface area contributed by atoms with Crippen molar-refractivity contribution in [2.24, 2.45) is 5.92 Å². The quantitative estimate of drug-likeness (QED) is 0.686. The fourth-order valence-electron chi connectivity index (χ4n) is 4.18. The molecule has 6 nitrogen and oxygen atoms in total. The lowest BCUT2D eigenvalue weighted by atomic mass is 9.93. The fourth-order valence-corrected chi connectivity index (χ4v) is 4.18. The van der Waals surface area contributed by atoms with E-state index in [-0.39, 0.29) is 24.9 Å². The first-order chi connectivity index (χ1) is 13.2. The van der Waals surface area contributed by atoms with E-state index in [2.05, 4.69) is 10.6 Å². The van der Waals surface area contributed by atoms with Crippen LogP contribution >= 0.6 is 0 Å². The molecule has 0 saturated carbocycles. The van der Waals surface area contributed by atoms with Crippen LogP contribution in [0.5, 0.6) is 0 Å². The molecule has 3 atom stereocenters. The number of aliphatic carboxylic acids is 1. The number of hydrogen-bond donors (Lipinski definition) is 3. The zero-order valence-electron chi connectivity index (χ0n) is 15.3. The molecule has 1 aromatic carbocycles. The van der Waals surface area contributed by atoms with Crippen molar-refractivity contribution in [3.8, 4) is 0 Å². The summed E-state index contributed by atoms with van der Waals surface area (Å²) in [6, 6.07) is 5.95. The maximum absolute atomic E-state index is 12.4. The molecule has 2 amide bonds. The number of urea groups is 1. The SMILES string of the molecule is O=C(NCC1CCN(CC(F)(F)F)C1)NC(C(=O)O)C1CCc2ccccc21. The first-order valence-electron chi connectivity index (χ1n) is 9.37. The van der Waals surface area contributed by atoms with Gasteiger partial charge in [-0.1, -0.05) is 24.3 Å². The second-order valence-corrected chi connectivity index (χ2v) is 7.52. The summed E-state index contributed by atoms with van der Waals surface area (Å²) in [5.74, 6) is -1.48. The molecule has 3 unspecified atom stereocenters. The van der Waals surface area contributed by atoms with Crippen molar-refractivity contribution in [3.63, 3.8) is 0 Å². The lowest BCUT2D eigenvalue weighted by Crippen LogP contribution is -2.49. The molecule has 1 heterocycles. The number of nitrogens with one attached hydrogen (secondary N) is 2. The minimum Gasteiger partial charge on any atom is -0.480 e. The number of carbonyl (C=O) groups excluding carboxylic acids is 1. The molecule has 1 fully saturated rings. The van der Waals surface area contributed by atoms with Crippen molar-refractivity contribution in [1.82, 2.24) is 15.5 Å². The van der Waals surface area contributed by atoms with Gasteiger partial charge in [0.25, 0.3) is 0 Å². The van der Waals surface area contributed by atoms with Gasteiger partial charge in [0.15, 0.2) is 0 Å². The van der Waals surface area contributed by atoms with Crippen LogP contribution in [-0.4, -0.2) is 60.4 Å². The van der Waals surface area contributed by atoms with Crippen LogP contribution in [0.2, 0.25) is 0 Å². The molecule has 28 heavy (non-hydrogen) atoms. The zero-order chi connectivity index (χ0) is 20.3. The van der Waals surface area contributed by atoms with Gasteiger partial charge in [-0.05, 0) is 42.9 Å². The van der Waals surface area contributed by atoms with Gasteiger partial charge < -0.3 is 15.7 Å². The monoisotopic (exact) mass is 399 g/mol. The number of nitrogens with zero attached hydrogens (tertiary/aromatic N) is 1. The lowest BCUT2D eigenvalue weighted by Gasteiger charge is -2.23. The molecular formula is C19H24F3N3O3. The van der Waals surface area contributed by atoms with E-state index < -0.39 is 30.8 Å². The Hall–Kier alpha value is -2.29. The maximum Gasteiger partial charge on any atom is 0.401 e. The number of carbonyl (C=O) groups is 2. The van der Waals surface area contributed by atoms with Gasteiger partial charge in [0.1, 0.15) is 6.04 Å². The van der Waals surface area contributed by atoms with Gasteiger partial charge >= 0.3 is 18.2 Å². The number of alkyl halides is 3. The first kappa shape index (κ1) is 20.4. The smallest absolute Gasteiger partial charge is 0.401 e. The third-order valence-electron chi connectivity index (χ3n) is 5.46. The highest BCUT2D eigenvalue weighted by atomic mass is 19.4. The van der Waals surface area contributed by atoms with Crippen molar-refractivity contribution in [1.29, 1.82) is 0 Å². The molecule has 3 N–H and O–H groups in total. The number of fused-ring (bicyclic) bond motifs is 1. The molecule has 3 rings (SSSR count). The summed E-state index contributed by atoms with van der Waals surface area (Å²) in [7, 11) is 0. The first-order valence-corrected chi connectivity index (χ1v) is 9.37. The van der Waals surface area contributed by atoms with Crippen LogP contribution in [0.15, 0.2) is 24.3 Å². The molecule has 1 aromatic rings.